The number of carbonyl (C=O) groups excluding carboxylic acids is 2. The number of rotatable bonds is 9. The van der Waals surface area contributed by atoms with Crippen LogP contribution in [0.3, 0.4) is 0 Å². The van der Waals surface area contributed by atoms with Gasteiger partial charge in [-0.15, -0.1) is 0 Å². The van der Waals surface area contributed by atoms with Crippen molar-refractivity contribution in [3.05, 3.63) is 60.2 Å². The van der Waals surface area contributed by atoms with Crippen molar-refractivity contribution >= 4 is 23.6 Å². The number of hydrogen-bond donors (Lipinski definition) is 4. The molecule has 2 unspecified atom stereocenters. The molecule has 1 aliphatic rings. The molecule has 29 heavy (non-hydrogen) atoms. The van der Waals surface area contributed by atoms with Crippen LogP contribution in [0.5, 0.6) is 5.75 Å². The van der Waals surface area contributed by atoms with Gasteiger partial charge < -0.3 is 25.8 Å². The van der Waals surface area contributed by atoms with Gasteiger partial charge in [0.2, 0.25) is 5.91 Å². The summed E-state index contributed by atoms with van der Waals surface area (Å²) in [5.74, 6) is -0.356. The van der Waals surface area contributed by atoms with Crippen LogP contribution in [0, 0.1) is 0 Å². The van der Waals surface area contributed by atoms with Crippen LogP contribution in [0.25, 0.3) is 0 Å². The molecule has 8 heteroatoms. The Hall–Kier alpha value is -3.55. The van der Waals surface area contributed by atoms with Gasteiger partial charge in [-0.3, -0.25) is 9.59 Å². The number of amides is 3. The number of ether oxygens (including phenoxy) is 1. The highest BCUT2D eigenvalue weighted by molar-refractivity contribution is 5.89. The monoisotopic (exact) mass is 397 g/mol. The molecule has 0 spiro atoms. The van der Waals surface area contributed by atoms with E-state index in [9.17, 15) is 14.4 Å². The van der Waals surface area contributed by atoms with E-state index in [1.807, 2.05) is 30.3 Å². The number of benzene rings is 2. The summed E-state index contributed by atoms with van der Waals surface area (Å²) in [7, 11) is 0. The maximum absolute atomic E-state index is 12.4. The van der Waals surface area contributed by atoms with Gasteiger partial charge in [-0.05, 0) is 42.7 Å². The lowest BCUT2D eigenvalue weighted by Crippen LogP contribution is -2.51. The SMILES string of the molecule is O=C(O)CCC(Cc1ccccc1)NC(=O)Nc1ccc(OC2CC(=O)N2)cc1. The fourth-order valence-electron chi connectivity index (χ4n) is 2.95. The number of aliphatic carboxylic acids is 1. The zero-order valence-electron chi connectivity index (χ0n) is 15.8. The summed E-state index contributed by atoms with van der Waals surface area (Å²) in [6.45, 7) is 0. The average molecular weight is 397 g/mol. The number of anilines is 1. The summed E-state index contributed by atoms with van der Waals surface area (Å²) in [5.41, 5.74) is 1.59. The van der Waals surface area contributed by atoms with Crippen LogP contribution in [-0.2, 0) is 16.0 Å². The molecule has 0 aliphatic carbocycles. The molecule has 8 nitrogen and oxygen atoms in total. The van der Waals surface area contributed by atoms with Crippen molar-refractivity contribution in [1.82, 2.24) is 10.6 Å². The predicted molar refractivity (Wildman–Crippen MR) is 107 cm³/mol. The number of carboxylic acid groups (broad SMARTS) is 1. The molecule has 0 aromatic heterocycles. The van der Waals surface area contributed by atoms with E-state index in [1.165, 1.54) is 0 Å². The molecular formula is C21H23N3O5. The number of carbonyl (C=O) groups is 3. The Morgan fingerprint density at radius 3 is 2.45 bits per heavy atom. The van der Waals surface area contributed by atoms with Crippen LogP contribution in [0.2, 0.25) is 0 Å². The zero-order valence-corrected chi connectivity index (χ0v) is 15.8. The lowest BCUT2D eigenvalue weighted by Gasteiger charge is -2.27. The Bertz CT molecular complexity index is 846. The number of nitrogens with one attached hydrogen (secondary N) is 3. The fourth-order valence-corrected chi connectivity index (χ4v) is 2.95. The molecule has 3 amide bonds. The summed E-state index contributed by atoms with van der Waals surface area (Å²) < 4.78 is 5.55. The first-order valence-electron chi connectivity index (χ1n) is 9.37. The van der Waals surface area contributed by atoms with Gasteiger partial charge in [0, 0.05) is 18.2 Å². The van der Waals surface area contributed by atoms with Crippen molar-refractivity contribution in [2.24, 2.45) is 0 Å². The van der Waals surface area contributed by atoms with Gasteiger partial charge in [-0.25, -0.2) is 4.79 Å². The molecule has 1 heterocycles. The molecule has 2 aromatic carbocycles. The van der Waals surface area contributed by atoms with Gasteiger partial charge in [-0.2, -0.15) is 0 Å². The quantitative estimate of drug-likeness (QED) is 0.485. The molecule has 1 aliphatic heterocycles. The minimum Gasteiger partial charge on any atom is -0.481 e. The highest BCUT2D eigenvalue weighted by Gasteiger charge is 2.26. The molecule has 2 atom stereocenters. The molecular weight excluding hydrogens is 374 g/mol. The van der Waals surface area contributed by atoms with E-state index in [0.717, 1.165) is 5.56 Å². The molecule has 0 radical (unpaired) electrons. The van der Waals surface area contributed by atoms with Gasteiger partial charge in [-0.1, -0.05) is 30.3 Å². The second kappa shape index (κ2) is 9.59. The maximum Gasteiger partial charge on any atom is 0.319 e. The van der Waals surface area contributed by atoms with Gasteiger partial charge >= 0.3 is 12.0 Å². The molecule has 1 saturated heterocycles. The Morgan fingerprint density at radius 2 is 1.83 bits per heavy atom. The van der Waals surface area contributed by atoms with Crippen LogP contribution < -0.4 is 20.7 Å². The minimum atomic E-state index is -0.900. The Balaban J connectivity index is 1.52. The number of β-lactam (4-membered cyclic amide) rings is 1. The molecule has 0 saturated carbocycles. The van der Waals surface area contributed by atoms with Crippen LogP contribution in [0.1, 0.15) is 24.8 Å². The third kappa shape index (κ3) is 6.53. The predicted octanol–water partition coefficient (Wildman–Crippen LogP) is 2.51. The van der Waals surface area contributed by atoms with E-state index in [2.05, 4.69) is 16.0 Å². The average Bonchev–Trinajstić information content (AvgIpc) is 2.67. The van der Waals surface area contributed by atoms with E-state index in [0.29, 0.717) is 30.7 Å². The molecule has 0 bridgehead atoms. The van der Waals surface area contributed by atoms with Crippen molar-refractivity contribution < 1.29 is 24.2 Å². The topological polar surface area (TPSA) is 117 Å². The molecule has 2 aromatic rings. The normalized spacial score (nSPS) is 16.1. The van der Waals surface area contributed by atoms with Crippen molar-refractivity contribution in [1.29, 1.82) is 0 Å². The van der Waals surface area contributed by atoms with Crippen molar-refractivity contribution in [3.8, 4) is 5.75 Å². The second-order valence-corrected chi connectivity index (χ2v) is 6.82. The lowest BCUT2D eigenvalue weighted by atomic mass is 10.0. The van der Waals surface area contributed by atoms with Crippen LogP contribution in [0.15, 0.2) is 54.6 Å². The van der Waals surface area contributed by atoms with Crippen LogP contribution >= 0.6 is 0 Å². The summed E-state index contributed by atoms with van der Waals surface area (Å²) in [5, 5.41) is 17.2. The third-order valence-electron chi connectivity index (χ3n) is 4.45. The Labute approximate surface area is 168 Å². The standard InChI is InChI=1S/C21H23N3O5/c25-18-13-19(24-18)29-17-9-6-15(7-10-17)22-21(28)23-16(8-11-20(26)27)12-14-4-2-1-3-5-14/h1-7,9-10,16,19H,8,11-13H2,(H,24,25)(H,26,27)(H2,22,23,28). The van der Waals surface area contributed by atoms with Crippen molar-refractivity contribution in [2.75, 3.05) is 5.32 Å². The third-order valence-corrected chi connectivity index (χ3v) is 4.45. The smallest absolute Gasteiger partial charge is 0.319 e. The summed E-state index contributed by atoms with van der Waals surface area (Å²) in [6.07, 6.45) is 0.875. The van der Waals surface area contributed by atoms with Crippen LogP contribution in [-0.4, -0.2) is 35.3 Å². The number of carboxylic acids is 1. The summed E-state index contributed by atoms with van der Waals surface area (Å²) in [6, 6.07) is 15.7. The Morgan fingerprint density at radius 1 is 1.14 bits per heavy atom. The number of urea groups is 1. The van der Waals surface area contributed by atoms with Gasteiger partial charge in [0.15, 0.2) is 6.23 Å². The zero-order chi connectivity index (χ0) is 20.6. The van der Waals surface area contributed by atoms with E-state index < -0.39 is 12.0 Å². The van der Waals surface area contributed by atoms with E-state index in [-0.39, 0.29) is 24.6 Å². The van der Waals surface area contributed by atoms with E-state index in [4.69, 9.17) is 9.84 Å². The first-order chi connectivity index (χ1) is 14.0. The van der Waals surface area contributed by atoms with E-state index in [1.54, 1.807) is 24.3 Å². The van der Waals surface area contributed by atoms with Gasteiger partial charge in [0.05, 0.1) is 6.42 Å². The summed E-state index contributed by atoms with van der Waals surface area (Å²) >= 11 is 0. The second-order valence-electron chi connectivity index (χ2n) is 6.82. The first-order valence-corrected chi connectivity index (χ1v) is 9.37. The van der Waals surface area contributed by atoms with E-state index >= 15 is 0 Å². The van der Waals surface area contributed by atoms with Gasteiger partial charge in [0.1, 0.15) is 5.75 Å². The summed E-state index contributed by atoms with van der Waals surface area (Å²) in [4.78, 5) is 34.2. The van der Waals surface area contributed by atoms with Gasteiger partial charge in [0.25, 0.3) is 0 Å². The lowest BCUT2D eigenvalue weighted by molar-refractivity contribution is -0.137. The van der Waals surface area contributed by atoms with Crippen molar-refractivity contribution in [3.63, 3.8) is 0 Å². The first kappa shape index (κ1) is 20.2. The molecule has 4 N–H and O–H groups in total. The molecule has 1 fully saturated rings. The largest absolute Gasteiger partial charge is 0.481 e. The minimum absolute atomic E-state index is 0.0263. The number of hydrogen-bond acceptors (Lipinski definition) is 4. The highest BCUT2D eigenvalue weighted by Crippen LogP contribution is 2.19. The van der Waals surface area contributed by atoms with Crippen molar-refractivity contribution in [2.45, 2.75) is 38.0 Å². The molecule has 3 rings (SSSR count). The Kier molecular flexibility index (Phi) is 6.67. The van der Waals surface area contributed by atoms with Crippen LogP contribution in [0.4, 0.5) is 10.5 Å². The molecule has 152 valence electrons. The fraction of sp³-hybridized carbons (Fsp3) is 0.286. The highest BCUT2D eigenvalue weighted by atomic mass is 16.5. The maximum atomic E-state index is 12.4.